The fourth-order valence-corrected chi connectivity index (χ4v) is 2.50. The molecule has 2 rings (SSSR count). The first-order chi connectivity index (χ1) is 13.0. The molecule has 27 heavy (non-hydrogen) atoms. The fourth-order valence-electron chi connectivity index (χ4n) is 2.50. The van der Waals surface area contributed by atoms with Crippen LogP contribution in [-0.2, 0) is 0 Å². The molecular weight excluding hydrogens is 344 g/mol. The number of hydrogen-bond acceptors (Lipinski definition) is 4. The Bertz CT molecular complexity index is 818. The summed E-state index contributed by atoms with van der Waals surface area (Å²) in [6.45, 7) is 6.77. The molecule has 0 bridgehead atoms. The van der Waals surface area contributed by atoms with Crippen LogP contribution in [0.15, 0.2) is 36.4 Å². The van der Waals surface area contributed by atoms with Crippen LogP contribution in [-0.4, -0.2) is 32.1 Å². The van der Waals surface area contributed by atoms with Crippen LogP contribution in [0.25, 0.3) is 0 Å². The predicted octanol–water partition coefficient (Wildman–Crippen LogP) is 3.79. The van der Waals surface area contributed by atoms with E-state index in [1.165, 1.54) is 0 Å². The summed E-state index contributed by atoms with van der Waals surface area (Å²) in [5.41, 5.74) is 2.35. The molecule has 144 valence electrons. The minimum atomic E-state index is -0.306. The van der Waals surface area contributed by atoms with Gasteiger partial charge in [0.05, 0.1) is 19.3 Å². The van der Waals surface area contributed by atoms with Gasteiger partial charge in [0.2, 0.25) is 0 Å². The van der Waals surface area contributed by atoms with E-state index in [1.807, 2.05) is 26.8 Å². The highest BCUT2D eigenvalue weighted by Crippen LogP contribution is 2.27. The maximum atomic E-state index is 12.8. The third-order valence-corrected chi connectivity index (χ3v) is 3.98. The molecule has 0 aliphatic carbocycles. The van der Waals surface area contributed by atoms with Crippen LogP contribution < -0.4 is 20.1 Å². The molecule has 0 aliphatic heterocycles. The van der Waals surface area contributed by atoms with Crippen LogP contribution in [0.1, 0.15) is 46.5 Å². The highest BCUT2D eigenvalue weighted by atomic mass is 16.5. The van der Waals surface area contributed by atoms with Gasteiger partial charge in [-0.2, -0.15) is 0 Å². The van der Waals surface area contributed by atoms with Crippen LogP contribution in [0.2, 0.25) is 0 Å². The van der Waals surface area contributed by atoms with Crippen molar-refractivity contribution in [1.29, 1.82) is 0 Å². The Morgan fingerprint density at radius 1 is 1.04 bits per heavy atom. The van der Waals surface area contributed by atoms with Crippen molar-refractivity contribution in [3.8, 4) is 11.5 Å². The topological polar surface area (TPSA) is 76.7 Å². The van der Waals surface area contributed by atoms with Crippen LogP contribution >= 0.6 is 0 Å². The number of amides is 2. The lowest BCUT2D eigenvalue weighted by Gasteiger charge is -2.14. The lowest BCUT2D eigenvalue weighted by molar-refractivity contribution is 0.0954. The number of carbonyl (C=O) groups excluding carboxylic acids is 2. The molecule has 0 radical (unpaired) electrons. The lowest BCUT2D eigenvalue weighted by atomic mass is 10.1. The van der Waals surface area contributed by atoms with Gasteiger partial charge < -0.3 is 20.1 Å². The minimum absolute atomic E-state index is 0.176. The van der Waals surface area contributed by atoms with Crippen molar-refractivity contribution >= 4 is 17.5 Å². The van der Waals surface area contributed by atoms with Crippen molar-refractivity contribution in [3.05, 3.63) is 53.1 Å². The van der Waals surface area contributed by atoms with Crippen LogP contribution in [0.4, 0.5) is 5.69 Å². The summed E-state index contributed by atoms with van der Waals surface area (Å²) < 4.78 is 10.9. The number of methoxy groups -OCH3 is 1. The first kappa shape index (κ1) is 20.3. The number of nitrogens with one attached hydrogen (secondary N) is 2. The Morgan fingerprint density at radius 3 is 2.48 bits per heavy atom. The van der Waals surface area contributed by atoms with Gasteiger partial charge in [0, 0.05) is 23.9 Å². The van der Waals surface area contributed by atoms with Crippen molar-refractivity contribution in [2.45, 2.75) is 27.2 Å². The second-order valence-corrected chi connectivity index (χ2v) is 6.05. The van der Waals surface area contributed by atoms with E-state index in [2.05, 4.69) is 10.6 Å². The van der Waals surface area contributed by atoms with E-state index < -0.39 is 0 Å². The number of aryl methyl sites for hydroxylation is 1. The van der Waals surface area contributed by atoms with E-state index in [1.54, 1.807) is 37.4 Å². The third-order valence-electron chi connectivity index (χ3n) is 3.98. The minimum Gasteiger partial charge on any atom is -0.497 e. The van der Waals surface area contributed by atoms with E-state index in [9.17, 15) is 9.59 Å². The molecule has 0 aromatic heterocycles. The molecule has 0 unspecified atom stereocenters. The maximum Gasteiger partial charge on any atom is 0.259 e. The number of hydrogen-bond donors (Lipinski definition) is 2. The van der Waals surface area contributed by atoms with Crippen molar-refractivity contribution in [3.63, 3.8) is 0 Å². The summed E-state index contributed by atoms with van der Waals surface area (Å²) in [6.07, 6.45) is 0.825. The van der Waals surface area contributed by atoms with Gasteiger partial charge in [0.25, 0.3) is 11.8 Å². The van der Waals surface area contributed by atoms with Crippen LogP contribution in [0, 0.1) is 6.92 Å². The summed E-state index contributed by atoms with van der Waals surface area (Å²) in [4.78, 5) is 24.9. The number of ether oxygens (including phenoxy) is 2. The number of rotatable bonds is 8. The second-order valence-electron chi connectivity index (χ2n) is 6.05. The fraction of sp³-hybridized carbons (Fsp3) is 0.333. The highest BCUT2D eigenvalue weighted by molar-refractivity contribution is 6.07. The van der Waals surface area contributed by atoms with Gasteiger partial charge in [-0.1, -0.05) is 13.0 Å². The molecule has 0 saturated carbocycles. The van der Waals surface area contributed by atoms with Crippen LogP contribution in [0.3, 0.4) is 0 Å². The van der Waals surface area contributed by atoms with Crippen molar-refractivity contribution in [2.75, 3.05) is 25.6 Å². The zero-order valence-electron chi connectivity index (χ0n) is 16.2. The highest BCUT2D eigenvalue weighted by Gasteiger charge is 2.16. The Balaban J connectivity index is 2.29. The van der Waals surface area contributed by atoms with E-state index in [0.29, 0.717) is 41.5 Å². The lowest BCUT2D eigenvalue weighted by Crippen LogP contribution is -2.23. The molecule has 2 N–H and O–H groups in total. The molecular formula is C21H26N2O4. The summed E-state index contributed by atoms with van der Waals surface area (Å²) in [5.74, 6) is 0.600. The first-order valence-electron chi connectivity index (χ1n) is 9.01. The molecule has 2 amide bonds. The maximum absolute atomic E-state index is 12.8. The van der Waals surface area contributed by atoms with E-state index in [4.69, 9.17) is 9.47 Å². The van der Waals surface area contributed by atoms with Gasteiger partial charge in [-0.15, -0.1) is 0 Å². The summed E-state index contributed by atoms with van der Waals surface area (Å²) in [5, 5.41) is 5.63. The SMILES string of the molecule is CCCOc1cc(OC)ccc1C(=O)Nc1cc(C(=O)NCC)ccc1C. The summed E-state index contributed by atoms with van der Waals surface area (Å²) >= 11 is 0. The Kier molecular flexibility index (Phi) is 7.23. The standard InChI is InChI=1S/C21H26N2O4/c1-5-11-27-19-13-16(26-4)9-10-17(19)21(25)23-18-12-15(8-7-14(18)3)20(24)22-6-2/h7-10,12-13H,5-6,11H2,1-4H3,(H,22,24)(H,23,25). The first-order valence-corrected chi connectivity index (χ1v) is 9.01. The quantitative estimate of drug-likeness (QED) is 0.741. The molecule has 6 heteroatoms. The monoisotopic (exact) mass is 370 g/mol. The van der Waals surface area contributed by atoms with Gasteiger partial charge in [-0.3, -0.25) is 9.59 Å². The molecule has 2 aromatic carbocycles. The van der Waals surface area contributed by atoms with E-state index in [0.717, 1.165) is 12.0 Å². The number of carbonyl (C=O) groups is 2. The number of anilines is 1. The number of benzene rings is 2. The average molecular weight is 370 g/mol. The zero-order chi connectivity index (χ0) is 19.8. The van der Waals surface area contributed by atoms with E-state index in [-0.39, 0.29) is 11.8 Å². The summed E-state index contributed by atoms with van der Waals surface area (Å²) in [6, 6.07) is 10.3. The second kappa shape index (κ2) is 9.62. The molecule has 0 atom stereocenters. The van der Waals surface area contributed by atoms with Crippen LogP contribution in [0.5, 0.6) is 11.5 Å². The van der Waals surface area contributed by atoms with Gasteiger partial charge >= 0.3 is 0 Å². The predicted molar refractivity (Wildman–Crippen MR) is 106 cm³/mol. The smallest absolute Gasteiger partial charge is 0.259 e. The van der Waals surface area contributed by atoms with E-state index >= 15 is 0 Å². The Labute approximate surface area is 159 Å². The third kappa shape index (κ3) is 5.23. The van der Waals surface area contributed by atoms with Gasteiger partial charge in [0.1, 0.15) is 11.5 Å². The molecule has 0 heterocycles. The Morgan fingerprint density at radius 2 is 1.81 bits per heavy atom. The molecule has 0 spiro atoms. The van der Waals surface area contributed by atoms with Crippen molar-refractivity contribution < 1.29 is 19.1 Å². The Hall–Kier alpha value is -3.02. The van der Waals surface area contributed by atoms with Crippen molar-refractivity contribution in [1.82, 2.24) is 5.32 Å². The summed E-state index contributed by atoms with van der Waals surface area (Å²) in [7, 11) is 1.56. The molecule has 0 saturated heterocycles. The van der Waals surface area contributed by atoms with Gasteiger partial charge in [0.15, 0.2) is 0 Å². The normalized spacial score (nSPS) is 10.2. The zero-order valence-corrected chi connectivity index (χ0v) is 16.2. The largest absolute Gasteiger partial charge is 0.497 e. The van der Waals surface area contributed by atoms with Gasteiger partial charge in [-0.25, -0.2) is 0 Å². The molecule has 0 fully saturated rings. The average Bonchev–Trinajstić information content (AvgIpc) is 2.67. The van der Waals surface area contributed by atoms with Gasteiger partial charge in [-0.05, 0) is 50.1 Å². The molecule has 2 aromatic rings. The van der Waals surface area contributed by atoms with Crippen molar-refractivity contribution in [2.24, 2.45) is 0 Å². The molecule has 0 aliphatic rings. The molecule has 6 nitrogen and oxygen atoms in total.